The van der Waals surface area contributed by atoms with E-state index in [-0.39, 0.29) is 0 Å². The summed E-state index contributed by atoms with van der Waals surface area (Å²) in [6.45, 7) is 4.17. The molecule has 0 radical (unpaired) electrons. The number of hydrogen-bond donors (Lipinski definition) is 1. The van der Waals surface area contributed by atoms with E-state index >= 15 is 0 Å². The number of nitrogens with one attached hydrogen (secondary N) is 1. The molecule has 3 rings (SSSR count). The average Bonchev–Trinajstić information content (AvgIpc) is 2.96. The number of aromatic nitrogens is 2. The van der Waals surface area contributed by atoms with E-state index in [0.29, 0.717) is 0 Å². The summed E-state index contributed by atoms with van der Waals surface area (Å²) in [6.07, 6.45) is 0. The van der Waals surface area contributed by atoms with Gasteiger partial charge in [-0.1, -0.05) is 23.9 Å². The van der Waals surface area contributed by atoms with Crippen molar-refractivity contribution < 1.29 is 9.47 Å². The molecule has 1 aromatic heterocycles. The number of aromatic amines is 1. The van der Waals surface area contributed by atoms with Crippen LogP contribution in [0.4, 0.5) is 0 Å². The molecule has 0 unspecified atom stereocenters. The maximum atomic E-state index is 5.50. The van der Waals surface area contributed by atoms with Crippen LogP contribution in [0.2, 0.25) is 0 Å². The van der Waals surface area contributed by atoms with Gasteiger partial charge in [-0.15, -0.1) is 0 Å². The lowest BCUT2D eigenvalue weighted by Crippen LogP contribution is -1.95. The standard InChI is InChI=1S/C18H20N2O2S/c1-11-5-6-13(12(2)17(11)22-4)10-23-18-19-15-8-7-14(21-3)9-16(15)20-18/h5-9H,10H2,1-4H3,(H,19,20). The van der Waals surface area contributed by atoms with E-state index in [1.807, 2.05) is 18.2 Å². The summed E-state index contributed by atoms with van der Waals surface area (Å²) >= 11 is 1.69. The van der Waals surface area contributed by atoms with Crippen molar-refractivity contribution in [2.75, 3.05) is 14.2 Å². The molecule has 0 aliphatic rings. The van der Waals surface area contributed by atoms with Crippen LogP contribution in [-0.2, 0) is 5.75 Å². The van der Waals surface area contributed by atoms with Crippen LogP contribution < -0.4 is 9.47 Å². The summed E-state index contributed by atoms with van der Waals surface area (Å²) in [5.41, 5.74) is 5.56. The highest BCUT2D eigenvalue weighted by atomic mass is 32.2. The number of hydrogen-bond acceptors (Lipinski definition) is 4. The van der Waals surface area contributed by atoms with Crippen LogP contribution in [0.1, 0.15) is 16.7 Å². The van der Waals surface area contributed by atoms with Gasteiger partial charge in [-0.05, 0) is 42.7 Å². The van der Waals surface area contributed by atoms with Crippen molar-refractivity contribution in [1.82, 2.24) is 9.97 Å². The number of aryl methyl sites for hydroxylation is 1. The zero-order valence-electron chi connectivity index (χ0n) is 13.8. The van der Waals surface area contributed by atoms with E-state index in [1.54, 1.807) is 26.0 Å². The largest absolute Gasteiger partial charge is 0.497 e. The summed E-state index contributed by atoms with van der Waals surface area (Å²) in [5, 5.41) is 0.909. The number of thioether (sulfide) groups is 1. The Morgan fingerprint density at radius 2 is 1.91 bits per heavy atom. The number of ether oxygens (including phenoxy) is 2. The van der Waals surface area contributed by atoms with Crippen LogP contribution in [-0.4, -0.2) is 24.2 Å². The zero-order chi connectivity index (χ0) is 16.4. The molecule has 0 bridgehead atoms. The third-order valence-corrected chi connectivity index (χ3v) is 4.87. The Labute approximate surface area is 140 Å². The molecule has 0 saturated carbocycles. The molecule has 3 aromatic rings. The monoisotopic (exact) mass is 328 g/mol. The molecule has 0 fully saturated rings. The molecule has 4 nitrogen and oxygen atoms in total. The fourth-order valence-corrected chi connectivity index (χ4v) is 3.60. The Kier molecular flexibility index (Phi) is 4.48. The number of fused-ring (bicyclic) bond motifs is 1. The number of benzene rings is 2. The van der Waals surface area contributed by atoms with Gasteiger partial charge in [-0.2, -0.15) is 0 Å². The van der Waals surface area contributed by atoms with Crippen LogP contribution >= 0.6 is 11.8 Å². The molecular weight excluding hydrogens is 308 g/mol. The zero-order valence-corrected chi connectivity index (χ0v) is 14.6. The molecule has 0 saturated heterocycles. The summed E-state index contributed by atoms with van der Waals surface area (Å²) < 4.78 is 10.7. The van der Waals surface area contributed by atoms with Crippen molar-refractivity contribution >= 4 is 22.8 Å². The molecule has 0 aliphatic heterocycles. The van der Waals surface area contributed by atoms with Crippen LogP contribution in [0.25, 0.3) is 11.0 Å². The lowest BCUT2D eigenvalue weighted by Gasteiger charge is -2.12. The van der Waals surface area contributed by atoms with E-state index in [9.17, 15) is 0 Å². The highest BCUT2D eigenvalue weighted by Crippen LogP contribution is 2.31. The molecule has 0 atom stereocenters. The second-order valence-corrected chi connectivity index (χ2v) is 6.38. The Morgan fingerprint density at radius 3 is 2.65 bits per heavy atom. The molecule has 1 N–H and O–H groups in total. The first kappa shape index (κ1) is 15.7. The average molecular weight is 328 g/mol. The number of methoxy groups -OCH3 is 2. The second-order valence-electron chi connectivity index (χ2n) is 5.41. The minimum atomic E-state index is 0.830. The van der Waals surface area contributed by atoms with Crippen molar-refractivity contribution in [3.8, 4) is 11.5 Å². The molecule has 1 heterocycles. The predicted molar refractivity (Wildman–Crippen MR) is 94.7 cm³/mol. The summed E-state index contributed by atoms with van der Waals surface area (Å²) in [5.74, 6) is 2.65. The van der Waals surface area contributed by atoms with Gasteiger partial charge in [0.05, 0.1) is 25.3 Å². The smallest absolute Gasteiger partial charge is 0.166 e. The number of nitrogens with zero attached hydrogens (tertiary/aromatic N) is 1. The number of imidazole rings is 1. The van der Waals surface area contributed by atoms with Crippen molar-refractivity contribution in [1.29, 1.82) is 0 Å². The van der Waals surface area contributed by atoms with Crippen LogP contribution in [0.15, 0.2) is 35.5 Å². The van der Waals surface area contributed by atoms with E-state index < -0.39 is 0 Å². The molecule has 120 valence electrons. The quantitative estimate of drug-likeness (QED) is 0.701. The Balaban J connectivity index is 1.81. The van der Waals surface area contributed by atoms with Gasteiger partial charge in [-0.3, -0.25) is 0 Å². The van der Waals surface area contributed by atoms with Crippen molar-refractivity contribution in [2.24, 2.45) is 0 Å². The molecule has 5 heteroatoms. The van der Waals surface area contributed by atoms with E-state index in [0.717, 1.165) is 39.0 Å². The summed E-state index contributed by atoms with van der Waals surface area (Å²) in [4.78, 5) is 7.95. The summed E-state index contributed by atoms with van der Waals surface area (Å²) in [6, 6.07) is 10.1. The minimum Gasteiger partial charge on any atom is -0.497 e. The van der Waals surface area contributed by atoms with Gasteiger partial charge in [0.15, 0.2) is 5.16 Å². The van der Waals surface area contributed by atoms with Gasteiger partial charge in [0.2, 0.25) is 0 Å². The van der Waals surface area contributed by atoms with Gasteiger partial charge in [-0.25, -0.2) is 4.98 Å². The van der Waals surface area contributed by atoms with Gasteiger partial charge >= 0.3 is 0 Å². The van der Waals surface area contributed by atoms with E-state index in [2.05, 4.69) is 35.9 Å². The molecule has 0 amide bonds. The molecule has 2 aromatic carbocycles. The van der Waals surface area contributed by atoms with Crippen LogP contribution in [0, 0.1) is 13.8 Å². The van der Waals surface area contributed by atoms with Crippen LogP contribution in [0.5, 0.6) is 11.5 Å². The van der Waals surface area contributed by atoms with E-state index in [1.165, 1.54) is 11.1 Å². The third kappa shape index (κ3) is 3.15. The fraction of sp³-hybridized carbons (Fsp3) is 0.278. The topological polar surface area (TPSA) is 47.1 Å². The van der Waals surface area contributed by atoms with Gasteiger partial charge in [0.1, 0.15) is 11.5 Å². The predicted octanol–water partition coefficient (Wildman–Crippen LogP) is 4.49. The van der Waals surface area contributed by atoms with Crippen molar-refractivity contribution in [3.05, 3.63) is 47.0 Å². The van der Waals surface area contributed by atoms with Crippen molar-refractivity contribution in [3.63, 3.8) is 0 Å². The van der Waals surface area contributed by atoms with Gasteiger partial charge in [0.25, 0.3) is 0 Å². The molecular formula is C18H20N2O2S. The second kappa shape index (κ2) is 6.54. The maximum absolute atomic E-state index is 5.50. The fourth-order valence-electron chi connectivity index (χ4n) is 2.65. The lowest BCUT2D eigenvalue weighted by molar-refractivity contribution is 0.408. The highest BCUT2D eigenvalue weighted by molar-refractivity contribution is 7.98. The summed E-state index contributed by atoms with van der Waals surface area (Å²) in [7, 11) is 3.39. The van der Waals surface area contributed by atoms with Crippen LogP contribution in [0.3, 0.4) is 0 Å². The Morgan fingerprint density at radius 1 is 1.09 bits per heavy atom. The van der Waals surface area contributed by atoms with Gasteiger partial charge in [0, 0.05) is 11.8 Å². The van der Waals surface area contributed by atoms with E-state index in [4.69, 9.17) is 9.47 Å². The molecule has 0 spiro atoms. The first-order valence-corrected chi connectivity index (χ1v) is 8.40. The Bertz CT molecular complexity index is 842. The molecule has 23 heavy (non-hydrogen) atoms. The molecule has 0 aliphatic carbocycles. The lowest BCUT2D eigenvalue weighted by atomic mass is 10.1. The number of rotatable bonds is 5. The first-order chi connectivity index (χ1) is 11.1. The van der Waals surface area contributed by atoms with Crippen molar-refractivity contribution in [2.45, 2.75) is 24.8 Å². The SMILES string of the molecule is COc1ccc2nc(SCc3ccc(C)c(OC)c3C)[nH]c2c1. The highest BCUT2D eigenvalue weighted by Gasteiger charge is 2.10. The Hall–Kier alpha value is -2.14. The third-order valence-electron chi connectivity index (χ3n) is 3.95. The first-order valence-electron chi connectivity index (χ1n) is 7.42. The minimum absolute atomic E-state index is 0.830. The maximum Gasteiger partial charge on any atom is 0.166 e. The normalized spacial score (nSPS) is 11.0. The van der Waals surface area contributed by atoms with Gasteiger partial charge < -0.3 is 14.5 Å². The number of H-pyrrole nitrogens is 1.